The number of carbonyl (C=O) groups is 1. The molecule has 2 aromatic carbocycles. The number of nitrogens with zero attached hydrogens (tertiary/aromatic N) is 1. The fraction of sp³-hybridized carbons (Fsp3) is 0.174. The third-order valence-electron chi connectivity index (χ3n) is 4.97. The van der Waals surface area contributed by atoms with Crippen molar-refractivity contribution in [3.8, 4) is 0 Å². The monoisotopic (exact) mass is 374 g/mol. The molecule has 136 valence electrons. The number of hydrogen-bond acceptors (Lipinski definition) is 2. The molecule has 2 aromatic heterocycles. The molecule has 1 N–H and O–H groups in total. The zero-order valence-electron chi connectivity index (χ0n) is 15.5. The van der Waals surface area contributed by atoms with Gasteiger partial charge in [-0.05, 0) is 48.1 Å². The van der Waals surface area contributed by atoms with Gasteiger partial charge in [-0.2, -0.15) is 0 Å². The van der Waals surface area contributed by atoms with E-state index in [1.54, 1.807) is 11.3 Å². The minimum Gasteiger partial charge on any atom is -0.344 e. The molecule has 1 atom stereocenters. The highest BCUT2D eigenvalue weighted by atomic mass is 32.1. The number of benzene rings is 2. The quantitative estimate of drug-likeness (QED) is 0.488. The lowest BCUT2D eigenvalue weighted by Crippen LogP contribution is -2.28. The second-order valence-corrected chi connectivity index (χ2v) is 7.72. The van der Waals surface area contributed by atoms with E-state index in [0.717, 1.165) is 15.8 Å². The van der Waals surface area contributed by atoms with Gasteiger partial charge in [-0.3, -0.25) is 4.79 Å². The smallest absolute Gasteiger partial charge is 0.268 e. The normalized spacial score (nSPS) is 12.2. The first-order chi connectivity index (χ1) is 13.1. The summed E-state index contributed by atoms with van der Waals surface area (Å²) in [5.41, 5.74) is 4.28. The summed E-state index contributed by atoms with van der Waals surface area (Å²) in [5.74, 6) is -0.0386. The van der Waals surface area contributed by atoms with Crippen molar-refractivity contribution in [2.75, 3.05) is 0 Å². The SMILES string of the molecule is Cc1ccccc1Cn1c(C(=O)N[C@@H](C)c2ccccc2)cc2ccsc21. The molecule has 0 saturated carbocycles. The molecule has 0 spiro atoms. The van der Waals surface area contributed by atoms with Crippen LogP contribution < -0.4 is 5.32 Å². The van der Waals surface area contributed by atoms with Crippen molar-refractivity contribution in [3.05, 3.63) is 94.5 Å². The topological polar surface area (TPSA) is 34.0 Å². The van der Waals surface area contributed by atoms with Gasteiger partial charge in [-0.25, -0.2) is 0 Å². The number of carbonyl (C=O) groups excluding carboxylic acids is 1. The van der Waals surface area contributed by atoms with Gasteiger partial charge in [-0.1, -0.05) is 54.6 Å². The molecular weight excluding hydrogens is 352 g/mol. The summed E-state index contributed by atoms with van der Waals surface area (Å²) in [6.07, 6.45) is 0. The van der Waals surface area contributed by atoms with Crippen LogP contribution in [0.2, 0.25) is 0 Å². The van der Waals surface area contributed by atoms with Gasteiger partial charge >= 0.3 is 0 Å². The lowest BCUT2D eigenvalue weighted by molar-refractivity contribution is 0.0931. The number of aromatic nitrogens is 1. The van der Waals surface area contributed by atoms with E-state index in [0.29, 0.717) is 12.2 Å². The number of rotatable bonds is 5. The van der Waals surface area contributed by atoms with Crippen LogP contribution in [0.4, 0.5) is 0 Å². The van der Waals surface area contributed by atoms with E-state index >= 15 is 0 Å². The number of nitrogens with one attached hydrogen (secondary N) is 1. The van der Waals surface area contributed by atoms with Gasteiger partial charge in [0.15, 0.2) is 0 Å². The molecule has 1 amide bonds. The number of fused-ring (bicyclic) bond motifs is 1. The van der Waals surface area contributed by atoms with Crippen LogP contribution in [0.25, 0.3) is 10.2 Å². The standard InChI is InChI=1S/C23H22N2OS/c1-16-8-6-7-11-20(16)15-25-21(14-19-12-13-27-23(19)25)22(26)24-17(2)18-9-4-3-5-10-18/h3-14,17H,15H2,1-2H3,(H,24,26)/t17-/m0/s1. The van der Waals surface area contributed by atoms with Gasteiger partial charge in [0.05, 0.1) is 6.04 Å². The molecule has 0 saturated heterocycles. The number of hydrogen-bond donors (Lipinski definition) is 1. The predicted molar refractivity (Wildman–Crippen MR) is 112 cm³/mol. The summed E-state index contributed by atoms with van der Waals surface area (Å²) in [5, 5.41) is 6.34. The van der Waals surface area contributed by atoms with Crippen LogP contribution in [-0.4, -0.2) is 10.5 Å². The van der Waals surface area contributed by atoms with Crippen molar-refractivity contribution in [1.29, 1.82) is 0 Å². The third kappa shape index (κ3) is 3.53. The maximum atomic E-state index is 13.1. The van der Waals surface area contributed by atoms with Crippen LogP contribution in [0.15, 0.2) is 72.1 Å². The molecule has 0 bridgehead atoms. The average Bonchev–Trinajstić information content (AvgIpc) is 3.27. The molecule has 0 aliphatic rings. The van der Waals surface area contributed by atoms with Gasteiger partial charge in [-0.15, -0.1) is 11.3 Å². The van der Waals surface area contributed by atoms with Crippen LogP contribution in [0.5, 0.6) is 0 Å². The lowest BCUT2D eigenvalue weighted by Gasteiger charge is -2.16. The Labute approximate surface area is 163 Å². The predicted octanol–water partition coefficient (Wildman–Crippen LogP) is 5.55. The molecule has 4 heteroatoms. The van der Waals surface area contributed by atoms with E-state index in [1.807, 2.05) is 49.4 Å². The Morgan fingerprint density at radius 2 is 1.81 bits per heavy atom. The number of thiophene rings is 1. The molecule has 0 aliphatic heterocycles. The summed E-state index contributed by atoms with van der Waals surface area (Å²) >= 11 is 1.68. The summed E-state index contributed by atoms with van der Waals surface area (Å²) in [6, 6.07) is 22.4. The van der Waals surface area contributed by atoms with E-state index in [2.05, 4.69) is 46.5 Å². The first-order valence-corrected chi connectivity index (χ1v) is 9.98. The second-order valence-electron chi connectivity index (χ2n) is 6.83. The molecule has 4 aromatic rings. The molecule has 0 radical (unpaired) electrons. The fourth-order valence-electron chi connectivity index (χ4n) is 3.37. The Morgan fingerprint density at radius 1 is 1.07 bits per heavy atom. The third-order valence-corrected chi connectivity index (χ3v) is 5.92. The largest absolute Gasteiger partial charge is 0.344 e. The lowest BCUT2D eigenvalue weighted by atomic mass is 10.1. The van der Waals surface area contributed by atoms with E-state index in [9.17, 15) is 4.79 Å². The molecule has 0 unspecified atom stereocenters. The van der Waals surface area contributed by atoms with Gasteiger partial charge < -0.3 is 9.88 Å². The van der Waals surface area contributed by atoms with Crippen LogP contribution in [0.1, 0.15) is 40.1 Å². The van der Waals surface area contributed by atoms with Crippen LogP contribution in [0.3, 0.4) is 0 Å². The van der Waals surface area contributed by atoms with Gasteiger partial charge in [0.2, 0.25) is 0 Å². The van der Waals surface area contributed by atoms with Gasteiger partial charge in [0.1, 0.15) is 10.5 Å². The van der Waals surface area contributed by atoms with Crippen molar-refractivity contribution in [2.24, 2.45) is 0 Å². The zero-order chi connectivity index (χ0) is 18.8. The number of aryl methyl sites for hydroxylation is 1. The Hall–Kier alpha value is -2.85. The molecule has 2 heterocycles. The Bertz CT molecular complexity index is 1080. The maximum Gasteiger partial charge on any atom is 0.268 e. The molecule has 0 fully saturated rings. The first kappa shape index (κ1) is 17.6. The summed E-state index contributed by atoms with van der Waals surface area (Å²) in [7, 11) is 0. The van der Waals surface area contributed by atoms with E-state index in [-0.39, 0.29) is 11.9 Å². The number of amides is 1. The molecule has 4 rings (SSSR count). The molecule has 3 nitrogen and oxygen atoms in total. The first-order valence-electron chi connectivity index (χ1n) is 9.10. The van der Waals surface area contributed by atoms with Gasteiger partial charge in [0.25, 0.3) is 5.91 Å². The van der Waals surface area contributed by atoms with Gasteiger partial charge in [0, 0.05) is 11.9 Å². The van der Waals surface area contributed by atoms with Crippen LogP contribution in [0, 0.1) is 6.92 Å². The Morgan fingerprint density at radius 3 is 2.59 bits per heavy atom. The summed E-state index contributed by atoms with van der Waals surface area (Å²) in [6.45, 7) is 4.82. The van der Waals surface area contributed by atoms with E-state index in [4.69, 9.17) is 0 Å². The Kier molecular flexibility index (Phi) is 4.82. The maximum absolute atomic E-state index is 13.1. The summed E-state index contributed by atoms with van der Waals surface area (Å²) in [4.78, 5) is 14.2. The van der Waals surface area contributed by atoms with E-state index < -0.39 is 0 Å². The van der Waals surface area contributed by atoms with Crippen molar-refractivity contribution in [2.45, 2.75) is 26.4 Å². The Balaban J connectivity index is 1.66. The van der Waals surface area contributed by atoms with Crippen LogP contribution >= 0.6 is 11.3 Å². The second kappa shape index (κ2) is 7.41. The zero-order valence-corrected chi connectivity index (χ0v) is 16.3. The molecule has 0 aliphatic carbocycles. The highest BCUT2D eigenvalue weighted by Crippen LogP contribution is 2.27. The fourth-order valence-corrected chi connectivity index (χ4v) is 4.27. The molecule has 27 heavy (non-hydrogen) atoms. The van der Waals surface area contributed by atoms with Crippen molar-refractivity contribution < 1.29 is 4.79 Å². The highest BCUT2D eigenvalue weighted by molar-refractivity contribution is 7.16. The molecular formula is C23H22N2OS. The van der Waals surface area contributed by atoms with E-state index in [1.165, 1.54) is 11.1 Å². The average molecular weight is 375 g/mol. The minimum atomic E-state index is -0.0430. The highest BCUT2D eigenvalue weighted by Gasteiger charge is 2.19. The summed E-state index contributed by atoms with van der Waals surface area (Å²) < 4.78 is 2.13. The van der Waals surface area contributed by atoms with Crippen molar-refractivity contribution >= 4 is 27.5 Å². The van der Waals surface area contributed by atoms with Crippen molar-refractivity contribution in [1.82, 2.24) is 9.88 Å². The van der Waals surface area contributed by atoms with Crippen molar-refractivity contribution in [3.63, 3.8) is 0 Å². The minimum absolute atomic E-state index is 0.0386. The van der Waals surface area contributed by atoms with Crippen LogP contribution in [-0.2, 0) is 6.54 Å².